The summed E-state index contributed by atoms with van der Waals surface area (Å²) in [5, 5.41) is 33.7. The van der Waals surface area contributed by atoms with Gasteiger partial charge >= 0.3 is 23.9 Å². The summed E-state index contributed by atoms with van der Waals surface area (Å²) >= 11 is 0. The van der Waals surface area contributed by atoms with E-state index in [9.17, 15) is 19.2 Å². The monoisotopic (exact) mass is 397 g/mol. The Hall–Kier alpha value is -3.30. The van der Waals surface area contributed by atoms with E-state index in [4.69, 9.17) is 20.4 Å². The third-order valence-corrected chi connectivity index (χ3v) is 2.37. The van der Waals surface area contributed by atoms with Gasteiger partial charge in [0, 0.05) is 17.1 Å². The molecule has 1 radical (unpaired) electrons. The first-order valence-electron chi connectivity index (χ1n) is 6.09. The maximum atomic E-state index is 10.3. The average Bonchev–Trinajstić information content (AvgIpc) is 2.55. The van der Waals surface area contributed by atoms with Crippen LogP contribution in [0.1, 0.15) is 42.0 Å². The Morgan fingerprint density at radius 1 is 0.560 bits per heavy atom. The van der Waals surface area contributed by atoms with Crippen LogP contribution in [-0.2, 0) is 17.1 Å². The van der Waals surface area contributed by atoms with E-state index < -0.39 is 23.9 Å². The molecule has 0 aliphatic rings. The molecule has 0 saturated heterocycles. The molecule has 135 valence electrons. The number of pyridine rings is 2. The number of nitrogens with zero attached hydrogens (tertiary/aromatic N) is 2. The number of hydrogen-bond donors (Lipinski definition) is 4. The van der Waals surface area contributed by atoms with E-state index in [1.54, 1.807) is 0 Å². The van der Waals surface area contributed by atoms with Crippen LogP contribution in [0.15, 0.2) is 36.4 Å². The Kier molecular flexibility index (Phi) is 8.47. The molecular formula is C14H10CuN2O8. The summed E-state index contributed by atoms with van der Waals surface area (Å²) in [6.07, 6.45) is 0. The Bertz CT molecular complexity index is 683. The van der Waals surface area contributed by atoms with Gasteiger partial charge in [-0.15, -0.1) is 0 Å². The van der Waals surface area contributed by atoms with Gasteiger partial charge in [-0.05, 0) is 24.3 Å². The molecule has 0 bridgehead atoms. The third kappa shape index (κ3) is 6.77. The Balaban J connectivity index is 0.000000443. The molecule has 0 fully saturated rings. The van der Waals surface area contributed by atoms with Crippen molar-refractivity contribution in [2.24, 2.45) is 0 Å². The van der Waals surface area contributed by atoms with Gasteiger partial charge in [-0.25, -0.2) is 29.1 Å². The number of aromatic carboxylic acids is 4. The van der Waals surface area contributed by atoms with E-state index >= 15 is 0 Å². The SMILES string of the molecule is O=C(O)c1cccc(C(=O)O)n1.O=C(O)c1cccc(C(=O)O)n1.[Cu]. The molecule has 0 amide bonds. The first-order valence-corrected chi connectivity index (χ1v) is 6.09. The van der Waals surface area contributed by atoms with Crippen molar-refractivity contribution in [3.63, 3.8) is 0 Å². The van der Waals surface area contributed by atoms with Crippen molar-refractivity contribution in [2.45, 2.75) is 0 Å². The maximum absolute atomic E-state index is 10.3. The number of aromatic nitrogens is 2. The van der Waals surface area contributed by atoms with Gasteiger partial charge in [-0.2, -0.15) is 0 Å². The number of carboxylic acids is 4. The molecule has 0 aliphatic heterocycles. The van der Waals surface area contributed by atoms with Crippen LogP contribution in [0.25, 0.3) is 0 Å². The summed E-state index contributed by atoms with van der Waals surface area (Å²) in [5.74, 6) is -4.95. The molecule has 0 unspecified atom stereocenters. The van der Waals surface area contributed by atoms with E-state index in [2.05, 4.69) is 9.97 Å². The number of hydrogen-bond acceptors (Lipinski definition) is 6. The summed E-state index contributed by atoms with van der Waals surface area (Å²) in [4.78, 5) is 48.0. The molecule has 0 aromatic carbocycles. The molecule has 11 heteroatoms. The Morgan fingerprint density at radius 2 is 0.760 bits per heavy atom. The first kappa shape index (κ1) is 21.7. The van der Waals surface area contributed by atoms with E-state index in [1.807, 2.05) is 0 Å². The number of carbonyl (C=O) groups is 4. The molecule has 0 saturated carbocycles. The van der Waals surface area contributed by atoms with Crippen molar-refractivity contribution in [1.29, 1.82) is 0 Å². The van der Waals surface area contributed by atoms with Gasteiger partial charge in [0.05, 0.1) is 0 Å². The molecular weight excluding hydrogens is 388 g/mol. The summed E-state index contributed by atoms with van der Waals surface area (Å²) in [5.41, 5.74) is -1.07. The van der Waals surface area contributed by atoms with E-state index in [-0.39, 0.29) is 39.8 Å². The first-order chi connectivity index (χ1) is 11.2. The fraction of sp³-hybridized carbons (Fsp3) is 0. The van der Waals surface area contributed by atoms with Crippen LogP contribution < -0.4 is 0 Å². The zero-order valence-electron chi connectivity index (χ0n) is 12.1. The minimum atomic E-state index is -1.24. The Labute approximate surface area is 150 Å². The molecule has 0 spiro atoms. The molecule has 2 aromatic rings. The molecule has 25 heavy (non-hydrogen) atoms. The predicted octanol–water partition coefficient (Wildman–Crippen LogP) is 0.954. The molecule has 2 rings (SSSR count). The van der Waals surface area contributed by atoms with Gasteiger partial charge in [-0.3, -0.25) is 0 Å². The predicted molar refractivity (Wildman–Crippen MR) is 76.3 cm³/mol. The van der Waals surface area contributed by atoms with Crippen LogP contribution in [0.2, 0.25) is 0 Å². The molecule has 4 N–H and O–H groups in total. The van der Waals surface area contributed by atoms with Crippen LogP contribution in [0.4, 0.5) is 0 Å². The van der Waals surface area contributed by atoms with Gasteiger partial charge < -0.3 is 20.4 Å². The number of carboxylic acid groups (broad SMARTS) is 4. The van der Waals surface area contributed by atoms with Crippen molar-refractivity contribution in [3.8, 4) is 0 Å². The smallest absolute Gasteiger partial charge is 0.354 e. The zero-order chi connectivity index (χ0) is 18.3. The quantitative estimate of drug-likeness (QED) is 0.543. The van der Waals surface area contributed by atoms with Gasteiger partial charge in [0.2, 0.25) is 0 Å². The van der Waals surface area contributed by atoms with Gasteiger partial charge in [-0.1, -0.05) is 12.1 Å². The minimum absolute atomic E-state index is 0. The molecule has 2 aromatic heterocycles. The van der Waals surface area contributed by atoms with Gasteiger partial charge in [0.1, 0.15) is 22.8 Å². The molecule has 10 nitrogen and oxygen atoms in total. The largest absolute Gasteiger partial charge is 0.477 e. The summed E-state index contributed by atoms with van der Waals surface area (Å²) in [6, 6.07) is 7.59. The van der Waals surface area contributed by atoms with E-state index in [0.717, 1.165) is 0 Å². The second-order valence-corrected chi connectivity index (χ2v) is 4.04. The van der Waals surface area contributed by atoms with Crippen LogP contribution in [-0.4, -0.2) is 54.3 Å². The Morgan fingerprint density at radius 3 is 0.920 bits per heavy atom. The van der Waals surface area contributed by atoms with E-state index in [1.165, 1.54) is 36.4 Å². The zero-order valence-corrected chi connectivity index (χ0v) is 13.0. The summed E-state index contributed by atoms with van der Waals surface area (Å²) < 4.78 is 0. The normalized spacial score (nSPS) is 8.96. The second kappa shape index (κ2) is 9.75. The van der Waals surface area contributed by atoms with Gasteiger partial charge in [0.25, 0.3) is 0 Å². The van der Waals surface area contributed by atoms with Crippen LogP contribution in [0.3, 0.4) is 0 Å². The van der Waals surface area contributed by atoms with Crippen LogP contribution in [0.5, 0.6) is 0 Å². The van der Waals surface area contributed by atoms with Crippen molar-refractivity contribution in [2.75, 3.05) is 0 Å². The molecule has 0 aliphatic carbocycles. The topological polar surface area (TPSA) is 175 Å². The minimum Gasteiger partial charge on any atom is -0.477 e. The fourth-order valence-electron chi connectivity index (χ4n) is 1.35. The fourth-order valence-corrected chi connectivity index (χ4v) is 1.35. The summed E-state index contributed by atoms with van der Waals surface area (Å²) in [6.45, 7) is 0. The molecule has 2 heterocycles. The van der Waals surface area contributed by atoms with Crippen LogP contribution in [0, 0.1) is 0 Å². The van der Waals surface area contributed by atoms with Crippen molar-refractivity contribution < 1.29 is 56.7 Å². The third-order valence-electron chi connectivity index (χ3n) is 2.37. The number of rotatable bonds is 4. The summed E-state index contributed by atoms with van der Waals surface area (Å²) in [7, 11) is 0. The standard InChI is InChI=1S/2C7H5NO4.Cu/c2*9-6(10)4-2-1-3-5(8-4)7(11)12;/h2*1-3H,(H,9,10)(H,11,12);. The van der Waals surface area contributed by atoms with Gasteiger partial charge in [0.15, 0.2) is 0 Å². The maximum Gasteiger partial charge on any atom is 0.354 e. The van der Waals surface area contributed by atoms with E-state index in [0.29, 0.717) is 0 Å². The molecule has 0 atom stereocenters. The second-order valence-electron chi connectivity index (χ2n) is 4.04. The van der Waals surface area contributed by atoms with Crippen molar-refractivity contribution in [3.05, 3.63) is 59.2 Å². The van der Waals surface area contributed by atoms with Crippen LogP contribution >= 0.6 is 0 Å². The average molecular weight is 398 g/mol. The van der Waals surface area contributed by atoms with Crippen molar-refractivity contribution >= 4 is 23.9 Å². The van der Waals surface area contributed by atoms with Crippen molar-refractivity contribution in [1.82, 2.24) is 9.97 Å².